The molecule has 21 rings (SSSR count). The molecule has 9 aliphatic heterocycles. The summed E-state index contributed by atoms with van der Waals surface area (Å²) in [6, 6.07) is 7.29. The molecule has 7 saturated carbocycles. The molecule has 428 valence electrons. The molecule has 3 N–H and O–H groups in total. The third-order valence-electron chi connectivity index (χ3n) is 29.8. The van der Waals surface area contributed by atoms with Crippen molar-refractivity contribution in [3.8, 4) is 0 Å². The van der Waals surface area contributed by atoms with Gasteiger partial charge in [0.05, 0.1) is 11.0 Å². The molecule has 17 unspecified atom stereocenters. The molecule has 0 radical (unpaired) electrons. The number of carbonyl (C=O) groups excluding carboxylic acids is 2. The molecule has 1 aromatic carbocycles. The molecule has 20 aliphatic rings. The molecular formula is C72H95N3O5. The molecule has 8 nitrogen and oxygen atoms in total. The van der Waals surface area contributed by atoms with Crippen LogP contribution in [-0.2, 0) is 26.3 Å². The molecule has 17 atom stereocenters. The molecule has 12 bridgehead atoms. The number of benzene rings is 1. The molecule has 11 aliphatic carbocycles. The number of aliphatic hydroxyl groups is 1. The number of aliphatic hydroxyl groups excluding tert-OH is 1. The van der Waals surface area contributed by atoms with Crippen molar-refractivity contribution in [3.05, 3.63) is 81.0 Å². The van der Waals surface area contributed by atoms with Crippen molar-refractivity contribution in [2.45, 2.75) is 230 Å². The maximum Gasteiger partial charge on any atom is 0.339 e. The van der Waals surface area contributed by atoms with Crippen molar-refractivity contribution in [1.82, 2.24) is 9.80 Å². The van der Waals surface area contributed by atoms with E-state index in [9.17, 15) is 5.11 Å². The van der Waals surface area contributed by atoms with Gasteiger partial charge in [-0.1, -0.05) is 99.8 Å². The molecule has 9 heterocycles. The molecule has 0 amide bonds. The number of aryl methyl sites for hydroxylation is 1. The summed E-state index contributed by atoms with van der Waals surface area (Å²) in [7, 11) is 0. The highest BCUT2D eigenvalue weighted by molar-refractivity contribution is 6.00. The van der Waals surface area contributed by atoms with Crippen LogP contribution in [0.15, 0.2) is 64.3 Å². The highest BCUT2D eigenvalue weighted by atomic mass is 16.6. The fourth-order valence-electron chi connectivity index (χ4n) is 27.7. The smallest absolute Gasteiger partial charge is 0.339 e. The number of hydrogen-bond acceptors (Lipinski definition) is 8. The molecular weight excluding hydrogens is 987 g/mol. The fourth-order valence-corrected chi connectivity index (χ4v) is 27.7. The Bertz CT molecular complexity index is 2960. The van der Waals surface area contributed by atoms with Crippen LogP contribution in [-0.4, -0.2) is 65.1 Å². The fraction of sp³-hybridized carbons (Fsp3) is 0.778. The average Bonchev–Trinajstić information content (AvgIpc) is 1.46. The van der Waals surface area contributed by atoms with E-state index < -0.39 is 16.4 Å². The van der Waals surface area contributed by atoms with E-state index in [0.717, 1.165) is 56.4 Å². The maximum atomic E-state index is 16.9. The molecule has 80 heavy (non-hydrogen) atoms. The van der Waals surface area contributed by atoms with Crippen molar-refractivity contribution in [2.24, 2.45) is 97.4 Å². The van der Waals surface area contributed by atoms with Gasteiger partial charge in [0.1, 0.15) is 11.2 Å². The van der Waals surface area contributed by atoms with E-state index in [-0.39, 0.29) is 35.7 Å². The van der Waals surface area contributed by atoms with Crippen LogP contribution in [0, 0.1) is 91.7 Å². The molecule has 10 fully saturated rings. The number of nitrogens with two attached hydrogens (primary N) is 1. The highest BCUT2D eigenvalue weighted by Crippen LogP contribution is 2.89. The summed E-state index contributed by atoms with van der Waals surface area (Å²) in [5, 5.41) is 14.2. The highest BCUT2D eigenvalue weighted by Gasteiger charge is 2.94. The Hall–Kier alpha value is -3.36. The van der Waals surface area contributed by atoms with Crippen LogP contribution in [0.3, 0.4) is 0 Å². The van der Waals surface area contributed by atoms with Gasteiger partial charge in [0.2, 0.25) is 0 Å². The van der Waals surface area contributed by atoms with Crippen LogP contribution in [0.4, 0.5) is 0 Å². The minimum atomic E-state index is -1.15. The summed E-state index contributed by atoms with van der Waals surface area (Å²) < 4.78 is 15.0. The second-order valence-corrected chi connectivity index (χ2v) is 32.2. The van der Waals surface area contributed by atoms with Crippen LogP contribution >= 0.6 is 0 Å². The quantitative estimate of drug-likeness (QED) is 0.222. The Morgan fingerprint density at radius 1 is 0.750 bits per heavy atom. The Kier molecular flexibility index (Phi) is 10.7. The van der Waals surface area contributed by atoms with Gasteiger partial charge in [-0.25, -0.2) is 4.79 Å². The van der Waals surface area contributed by atoms with Gasteiger partial charge >= 0.3 is 11.9 Å². The van der Waals surface area contributed by atoms with E-state index in [1.165, 1.54) is 166 Å². The number of fused-ring (bicyclic) bond motifs is 5. The first-order valence-corrected chi connectivity index (χ1v) is 34.4. The average molecular weight is 1080 g/mol. The first-order chi connectivity index (χ1) is 39.0. The maximum absolute atomic E-state index is 16.9. The second kappa shape index (κ2) is 17.2. The number of nitrogens with zero attached hydrogens (tertiary/aromatic N) is 2. The predicted molar refractivity (Wildman–Crippen MR) is 309 cm³/mol. The number of allylic oxidation sites excluding steroid dienone is 4. The zero-order valence-electron chi connectivity index (χ0n) is 48.8. The van der Waals surface area contributed by atoms with Crippen molar-refractivity contribution in [3.63, 3.8) is 0 Å². The van der Waals surface area contributed by atoms with E-state index in [0.29, 0.717) is 112 Å². The normalized spacial score (nSPS) is 47.1. The topological polar surface area (TPSA) is 105 Å². The van der Waals surface area contributed by atoms with E-state index in [1.807, 2.05) is 0 Å². The molecule has 1 aromatic rings. The standard InChI is InChI=1S/C72H95N3O5/c1-43-32-48-18-19-55-50-33-44-40-74(42-50)56(51-38-68(26-6-7-27-68)69(39-51)29-11-28-67(69)24-4-5-25-67)36-57(76)63-70-30-20-52-60(62(48)75(55)41-44)53(43)34-47-17-16-46(49-13-9-23-66(37-49)21-2-3-22-66)35-58(71(70,61(47)52)65(78)79-63)72(70)54-15-8-12-45(14-10-31-73)59(54)64(77)80-72/h8,12,15-17,43-44,46-47,49-51,53,55-56,58,60,76H,2-7,9-11,13-14,18-42,73H2,1H3. The van der Waals surface area contributed by atoms with E-state index >= 15 is 9.59 Å². The Balaban J connectivity index is 0.879. The largest absolute Gasteiger partial charge is 0.509 e. The zero-order valence-corrected chi connectivity index (χ0v) is 48.8. The van der Waals surface area contributed by atoms with Crippen molar-refractivity contribution in [1.29, 1.82) is 0 Å². The monoisotopic (exact) mass is 1080 g/mol. The number of rotatable bonds is 5. The summed E-state index contributed by atoms with van der Waals surface area (Å²) in [5.41, 5.74) is 13.8. The van der Waals surface area contributed by atoms with Gasteiger partial charge in [-0.3, -0.25) is 9.69 Å². The van der Waals surface area contributed by atoms with Gasteiger partial charge in [0.25, 0.3) is 0 Å². The Morgan fingerprint density at radius 3 is 2.39 bits per heavy atom. The van der Waals surface area contributed by atoms with Crippen LogP contribution in [0.5, 0.6) is 0 Å². The minimum absolute atomic E-state index is 0.103. The summed E-state index contributed by atoms with van der Waals surface area (Å²) in [6.07, 6.45) is 44.4. The lowest BCUT2D eigenvalue weighted by molar-refractivity contribution is -0.282. The van der Waals surface area contributed by atoms with Crippen molar-refractivity contribution in [2.75, 3.05) is 26.2 Å². The van der Waals surface area contributed by atoms with Gasteiger partial charge in [-0.2, -0.15) is 0 Å². The number of piperidine rings is 2. The lowest BCUT2D eigenvalue weighted by atomic mass is 9.27. The first-order valence-electron chi connectivity index (χ1n) is 34.4. The lowest BCUT2D eigenvalue weighted by Gasteiger charge is -2.73. The van der Waals surface area contributed by atoms with Gasteiger partial charge in [-0.05, 0) is 234 Å². The number of ether oxygens (including phenoxy) is 2. The third-order valence-corrected chi connectivity index (χ3v) is 29.8. The van der Waals surface area contributed by atoms with Crippen LogP contribution in [0.2, 0.25) is 0 Å². The Labute approximate surface area is 478 Å². The van der Waals surface area contributed by atoms with E-state index in [2.05, 4.69) is 47.1 Å². The zero-order chi connectivity index (χ0) is 53.3. The van der Waals surface area contributed by atoms with E-state index in [4.69, 9.17) is 15.2 Å². The summed E-state index contributed by atoms with van der Waals surface area (Å²) in [6.45, 7) is 6.52. The second-order valence-electron chi connectivity index (χ2n) is 32.2. The van der Waals surface area contributed by atoms with Crippen LogP contribution < -0.4 is 5.73 Å². The van der Waals surface area contributed by atoms with Gasteiger partial charge in [0.15, 0.2) is 11.4 Å². The van der Waals surface area contributed by atoms with Crippen molar-refractivity contribution < 1.29 is 24.2 Å². The molecule has 3 saturated heterocycles. The van der Waals surface area contributed by atoms with Gasteiger partial charge < -0.3 is 25.2 Å². The molecule has 8 heteroatoms. The van der Waals surface area contributed by atoms with Gasteiger partial charge in [-0.15, -0.1) is 0 Å². The van der Waals surface area contributed by atoms with E-state index in [1.54, 1.807) is 16.8 Å². The van der Waals surface area contributed by atoms with Crippen LogP contribution in [0.1, 0.15) is 227 Å². The summed E-state index contributed by atoms with van der Waals surface area (Å²) in [5.74, 6) is 4.17. The number of carbonyl (C=O) groups is 2. The lowest BCUT2D eigenvalue weighted by Crippen LogP contribution is -2.78. The molecule has 7 spiro atoms. The minimum Gasteiger partial charge on any atom is -0.509 e. The number of hydrogen-bond donors (Lipinski definition) is 2. The van der Waals surface area contributed by atoms with Crippen LogP contribution in [0.25, 0.3) is 0 Å². The Morgan fingerprint density at radius 2 is 1.55 bits per heavy atom. The molecule has 0 aromatic heterocycles. The SMILES string of the molecule is CC1CC2=C3C4C5=C6C(C=CC(C7CCCC8(CCCC8)C7)CC7C68C(=O)OC(=C(O)CC(C6CC9(CCCC9)C9(CCCC9%10CCCC%10)C6)N6CC9CC(C6)C(CC2)N3C9)C8(CC5)C72OC(=O)c3c(CCCN)cccc32)CC14. The predicted octanol–water partition coefficient (Wildman–Crippen LogP) is 14.7. The summed E-state index contributed by atoms with van der Waals surface area (Å²) in [4.78, 5) is 38.6. The first kappa shape index (κ1) is 50.0. The van der Waals surface area contributed by atoms with Gasteiger partial charge in [0, 0.05) is 61.2 Å². The third kappa shape index (κ3) is 5.96. The van der Waals surface area contributed by atoms with Crippen molar-refractivity contribution >= 4 is 11.9 Å². The summed E-state index contributed by atoms with van der Waals surface area (Å²) >= 11 is 0. The number of esters is 2.